The molecule has 24 heavy (non-hydrogen) atoms. The number of carbonyl (C=O) groups is 1. The van der Waals surface area contributed by atoms with E-state index in [-0.39, 0.29) is 12.1 Å². The normalized spacial score (nSPS) is 16.9. The first-order chi connectivity index (χ1) is 11.6. The minimum absolute atomic E-state index is 0.0150. The summed E-state index contributed by atoms with van der Waals surface area (Å²) in [5.74, 6) is 1.06. The summed E-state index contributed by atoms with van der Waals surface area (Å²) in [5.41, 5.74) is 2.50. The van der Waals surface area contributed by atoms with Crippen molar-refractivity contribution in [1.82, 2.24) is 15.1 Å². The number of benzene rings is 1. The van der Waals surface area contributed by atoms with Gasteiger partial charge < -0.3 is 10.1 Å². The highest BCUT2D eigenvalue weighted by atomic mass is 79.9. The highest BCUT2D eigenvalue weighted by molar-refractivity contribution is 9.10. The zero-order valence-corrected chi connectivity index (χ0v) is 15.4. The maximum absolute atomic E-state index is 12.4. The van der Waals surface area contributed by atoms with Gasteiger partial charge in [0.1, 0.15) is 0 Å². The summed E-state index contributed by atoms with van der Waals surface area (Å²) in [5, 5.41) is 10.1. The molecule has 1 aliphatic carbocycles. The molecule has 1 heterocycles. The third kappa shape index (κ3) is 3.72. The molecule has 0 bridgehead atoms. The summed E-state index contributed by atoms with van der Waals surface area (Å²) in [4.78, 5) is 12.4. The van der Waals surface area contributed by atoms with Crippen LogP contribution < -0.4 is 15.4 Å². The van der Waals surface area contributed by atoms with Crippen LogP contribution in [0.3, 0.4) is 0 Å². The van der Waals surface area contributed by atoms with Gasteiger partial charge >= 0.3 is 6.03 Å². The van der Waals surface area contributed by atoms with Crippen molar-refractivity contribution >= 4 is 27.8 Å². The van der Waals surface area contributed by atoms with Crippen molar-refractivity contribution in [3.63, 3.8) is 0 Å². The molecule has 0 aliphatic heterocycles. The second-order valence-corrected chi connectivity index (χ2v) is 6.85. The Bertz CT molecular complexity index is 744. The fourth-order valence-electron chi connectivity index (χ4n) is 3.11. The number of anilines is 1. The molecule has 0 radical (unpaired) electrons. The van der Waals surface area contributed by atoms with Crippen molar-refractivity contribution in [2.75, 3.05) is 12.4 Å². The predicted octanol–water partition coefficient (Wildman–Crippen LogP) is 3.78. The Labute approximate surface area is 149 Å². The van der Waals surface area contributed by atoms with Crippen LogP contribution in [-0.2, 0) is 13.5 Å². The maximum Gasteiger partial charge on any atom is 0.320 e. The van der Waals surface area contributed by atoms with Crippen LogP contribution in [0.1, 0.15) is 36.4 Å². The maximum atomic E-state index is 12.4. The van der Waals surface area contributed by atoms with Gasteiger partial charge in [0.2, 0.25) is 5.88 Å². The van der Waals surface area contributed by atoms with Crippen LogP contribution in [0, 0.1) is 0 Å². The first-order valence-electron chi connectivity index (χ1n) is 8.00. The molecule has 1 aromatic carbocycles. The average molecular weight is 393 g/mol. The molecule has 7 heteroatoms. The lowest BCUT2D eigenvalue weighted by molar-refractivity contribution is 0.247. The van der Waals surface area contributed by atoms with Crippen LogP contribution in [0.2, 0.25) is 0 Å². The topological polar surface area (TPSA) is 68.2 Å². The van der Waals surface area contributed by atoms with Gasteiger partial charge in [-0.15, -0.1) is 0 Å². The minimum atomic E-state index is -0.253. The van der Waals surface area contributed by atoms with E-state index in [0.717, 1.165) is 30.2 Å². The summed E-state index contributed by atoms with van der Waals surface area (Å²) in [6.45, 7) is 0. The summed E-state index contributed by atoms with van der Waals surface area (Å²) in [6.07, 6.45) is 4.22. The van der Waals surface area contributed by atoms with Crippen LogP contribution >= 0.6 is 15.9 Å². The van der Waals surface area contributed by atoms with E-state index in [0.29, 0.717) is 11.7 Å². The van der Waals surface area contributed by atoms with E-state index in [4.69, 9.17) is 4.74 Å². The zero-order valence-electron chi connectivity index (χ0n) is 13.8. The lowest BCUT2D eigenvalue weighted by Crippen LogP contribution is -2.32. The molecule has 1 unspecified atom stereocenters. The summed E-state index contributed by atoms with van der Waals surface area (Å²) in [6, 6.07) is 7.73. The highest BCUT2D eigenvalue weighted by Gasteiger charge is 2.21. The van der Waals surface area contributed by atoms with Crippen LogP contribution in [0.15, 0.2) is 28.7 Å². The van der Waals surface area contributed by atoms with E-state index >= 15 is 0 Å². The summed E-state index contributed by atoms with van der Waals surface area (Å²) in [7, 11) is 3.34. The van der Waals surface area contributed by atoms with Gasteiger partial charge in [0.15, 0.2) is 5.82 Å². The van der Waals surface area contributed by atoms with Gasteiger partial charge in [0.05, 0.1) is 13.2 Å². The molecule has 0 saturated heterocycles. The molecule has 3 rings (SSSR count). The molecule has 1 aliphatic rings. The first-order valence-corrected chi connectivity index (χ1v) is 8.80. The molecule has 2 amide bonds. The zero-order chi connectivity index (χ0) is 17.1. The smallest absolute Gasteiger partial charge is 0.320 e. The van der Waals surface area contributed by atoms with Crippen LogP contribution in [0.4, 0.5) is 10.6 Å². The van der Waals surface area contributed by atoms with Gasteiger partial charge in [0, 0.05) is 17.6 Å². The van der Waals surface area contributed by atoms with Crippen LogP contribution in [0.25, 0.3) is 0 Å². The van der Waals surface area contributed by atoms with E-state index in [9.17, 15) is 4.79 Å². The lowest BCUT2D eigenvalue weighted by Gasteiger charge is -2.19. The Morgan fingerprint density at radius 2 is 2.21 bits per heavy atom. The first kappa shape index (κ1) is 16.8. The van der Waals surface area contributed by atoms with Gasteiger partial charge in [0.25, 0.3) is 0 Å². The van der Waals surface area contributed by atoms with Crippen LogP contribution in [-0.4, -0.2) is 22.9 Å². The number of ether oxygens (including phenoxy) is 1. The van der Waals surface area contributed by atoms with Crippen molar-refractivity contribution < 1.29 is 9.53 Å². The number of amides is 2. The standard InChI is InChI=1S/C17H21BrN4O2/c1-22-16(24-2)10-15(21-22)20-17(23)19-14-6-4-3-5-11-9-12(18)7-8-13(11)14/h7-10,14H,3-6H2,1-2H3,(H2,19,20,21,23). The molecule has 2 N–H and O–H groups in total. The highest BCUT2D eigenvalue weighted by Crippen LogP contribution is 2.30. The van der Waals surface area contributed by atoms with Crippen LogP contribution in [0.5, 0.6) is 5.88 Å². The number of halogens is 1. The van der Waals surface area contributed by atoms with Gasteiger partial charge in [-0.05, 0) is 42.5 Å². The predicted molar refractivity (Wildman–Crippen MR) is 96.4 cm³/mol. The molecule has 128 valence electrons. The second kappa shape index (κ2) is 7.25. The Balaban J connectivity index is 1.72. The number of rotatable bonds is 3. The minimum Gasteiger partial charge on any atom is -0.481 e. The Hall–Kier alpha value is -2.02. The molecule has 0 spiro atoms. The Morgan fingerprint density at radius 1 is 1.38 bits per heavy atom. The molecular weight excluding hydrogens is 372 g/mol. The number of hydrogen-bond donors (Lipinski definition) is 2. The SMILES string of the molecule is COc1cc(NC(=O)NC2CCCCc3cc(Br)ccc32)nn1C. The van der Waals surface area contributed by atoms with Gasteiger partial charge in [-0.25, -0.2) is 9.48 Å². The number of methoxy groups -OCH3 is 1. The van der Waals surface area contributed by atoms with E-state index in [1.54, 1.807) is 24.9 Å². The third-order valence-electron chi connectivity index (χ3n) is 4.26. The van der Waals surface area contributed by atoms with Crippen molar-refractivity contribution in [1.29, 1.82) is 0 Å². The molecular formula is C17H21BrN4O2. The van der Waals surface area contributed by atoms with Crippen molar-refractivity contribution in [3.8, 4) is 5.88 Å². The van der Waals surface area contributed by atoms with E-state index in [1.165, 1.54) is 11.1 Å². The quantitative estimate of drug-likeness (QED) is 0.780. The fourth-order valence-corrected chi connectivity index (χ4v) is 3.52. The van der Waals surface area contributed by atoms with Crippen molar-refractivity contribution in [2.45, 2.75) is 31.7 Å². The number of nitrogens with one attached hydrogen (secondary N) is 2. The summed E-state index contributed by atoms with van der Waals surface area (Å²) >= 11 is 3.52. The van der Waals surface area contributed by atoms with Gasteiger partial charge in [-0.1, -0.05) is 28.4 Å². The summed E-state index contributed by atoms with van der Waals surface area (Å²) < 4.78 is 7.81. The van der Waals surface area contributed by atoms with E-state index in [2.05, 4.69) is 43.8 Å². The third-order valence-corrected chi connectivity index (χ3v) is 4.76. The Morgan fingerprint density at radius 3 is 2.96 bits per heavy atom. The molecule has 0 saturated carbocycles. The molecule has 1 aromatic heterocycles. The van der Waals surface area contributed by atoms with Crippen molar-refractivity contribution in [3.05, 3.63) is 39.9 Å². The largest absolute Gasteiger partial charge is 0.481 e. The number of aromatic nitrogens is 2. The molecule has 0 fully saturated rings. The Kier molecular flexibility index (Phi) is 5.08. The molecule has 1 atom stereocenters. The average Bonchev–Trinajstić information content (AvgIpc) is 2.77. The van der Waals surface area contributed by atoms with Gasteiger partial charge in [-0.2, -0.15) is 5.10 Å². The molecule has 6 nitrogen and oxygen atoms in total. The fraction of sp³-hybridized carbons (Fsp3) is 0.412. The number of fused-ring (bicyclic) bond motifs is 1. The van der Waals surface area contributed by atoms with E-state index in [1.807, 2.05) is 6.07 Å². The van der Waals surface area contributed by atoms with Crippen molar-refractivity contribution in [2.24, 2.45) is 7.05 Å². The van der Waals surface area contributed by atoms with E-state index < -0.39 is 0 Å². The lowest BCUT2D eigenvalue weighted by atomic mass is 9.99. The van der Waals surface area contributed by atoms with Gasteiger partial charge in [-0.3, -0.25) is 5.32 Å². The number of aryl methyl sites for hydroxylation is 2. The monoisotopic (exact) mass is 392 g/mol. The number of nitrogens with zero attached hydrogens (tertiary/aromatic N) is 2. The number of hydrogen-bond acceptors (Lipinski definition) is 3. The number of urea groups is 1. The second-order valence-electron chi connectivity index (χ2n) is 5.94. The molecule has 2 aromatic rings. The number of carbonyl (C=O) groups excluding carboxylic acids is 1.